The van der Waals surface area contributed by atoms with Crippen molar-refractivity contribution in [3.8, 4) is 0 Å². The van der Waals surface area contributed by atoms with Crippen molar-refractivity contribution >= 4 is 11.7 Å². The maximum absolute atomic E-state index is 11.7. The molecule has 0 saturated heterocycles. The highest BCUT2D eigenvalue weighted by atomic mass is 16.5. The largest absolute Gasteiger partial charge is 0.461 e. The summed E-state index contributed by atoms with van der Waals surface area (Å²) in [5.74, 6) is 0.384. The van der Waals surface area contributed by atoms with Gasteiger partial charge in [0.05, 0.1) is 12.3 Å². The third-order valence-electron chi connectivity index (χ3n) is 3.08. The summed E-state index contributed by atoms with van der Waals surface area (Å²) in [6.45, 7) is 3.08. The summed E-state index contributed by atoms with van der Waals surface area (Å²) in [4.78, 5) is 15.8. The molecule has 0 aromatic carbocycles. The second-order valence-corrected chi connectivity index (χ2v) is 4.30. The number of nitrogens with zero attached hydrogens (tertiary/aromatic N) is 1. The van der Waals surface area contributed by atoms with Crippen LogP contribution in [-0.2, 0) is 4.74 Å². The van der Waals surface area contributed by atoms with Crippen LogP contribution < -0.4 is 5.32 Å². The average molecular weight is 234 g/mol. The Kier molecular flexibility index (Phi) is 3.96. The maximum atomic E-state index is 11.7. The van der Waals surface area contributed by atoms with Gasteiger partial charge in [0, 0.05) is 12.7 Å². The van der Waals surface area contributed by atoms with Gasteiger partial charge < -0.3 is 10.1 Å². The molecule has 2 rings (SSSR count). The first-order valence-electron chi connectivity index (χ1n) is 6.17. The van der Waals surface area contributed by atoms with E-state index in [9.17, 15) is 4.79 Å². The quantitative estimate of drug-likeness (QED) is 0.795. The molecule has 4 nitrogen and oxygen atoms in total. The van der Waals surface area contributed by atoms with Gasteiger partial charge in [0.15, 0.2) is 5.69 Å². The van der Waals surface area contributed by atoms with Crippen LogP contribution in [0.1, 0.15) is 36.7 Å². The molecule has 1 saturated carbocycles. The lowest BCUT2D eigenvalue weighted by Gasteiger charge is -2.26. The van der Waals surface area contributed by atoms with Gasteiger partial charge in [-0.2, -0.15) is 0 Å². The number of nitrogens with one attached hydrogen (secondary N) is 1. The van der Waals surface area contributed by atoms with Crippen molar-refractivity contribution in [2.45, 2.75) is 26.2 Å². The zero-order valence-electron chi connectivity index (χ0n) is 10.1. The Balaban J connectivity index is 2.01. The standard InChI is InChI=1S/C13H18N2O2/c1-2-17-13(16)12-11(7-4-8-14-12)15-9-10-5-3-6-10/h4,7-8,10,15H,2-3,5-6,9H2,1H3. The lowest BCUT2D eigenvalue weighted by Crippen LogP contribution is -2.22. The molecule has 0 aliphatic heterocycles. The number of ether oxygens (including phenoxy) is 1. The average Bonchev–Trinajstić information content (AvgIpc) is 2.28. The second-order valence-electron chi connectivity index (χ2n) is 4.30. The van der Waals surface area contributed by atoms with Crippen LogP contribution in [0.3, 0.4) is 0 Å². The van der Waals surface area contributed by atoms with E-state index in [-0.39, 0.29) is 5.97 Å². The number of aromatic nitrogens is 1. The first-order chi connectivity index (χ1) is 8.31. The summed E-state index contributed by atoms with van der Waals surface area (Å²) >= 11 is 0. The highest BCUT2D eigenvalue weighted by Crippen LogP contribution is 2.26. The van der Waals surface area contributed by atoms with Gasteiger partial charge in [-0.3, -0.25) is 0 Å². The number of carbonyl (C=O) groups excluding carboxylic acids is 1. The predicted octanol–water partition coefficient (Wildman–Crippen LogP) is 2.47. The van der Waals surface area contributed by atoms with E-state index in [1.165, 1.54) is 19.3 Å². The molecule has 4 heteroatoms. The van der Waals surface area contributed by atoms with Crippen molar-refractivity contribution in [1.29, 1.82) is 0 Å². The molecule has 1 N–H and O–H groups in total. The second kappa shape index (κ2) is 5.66. The van der Waals surface area contributed by atoms with E-state index in [1.807, 2.05) is 12.1 Å². The number of hydrogen-bond acceptors (Lipinski definition) is 4. The van der Waals surface area contributed by atoms with Crippen molar-refractivity contribution < 1.29 is 9.53 Å². The molecule has 1 heterocycles. The van der Waals surface area contributed by atoms with Crippen molar-refractivity contribution in [3.05, 3.63) is 24.0 Å². The first kappa shape index (κ1) is 11.9. The summed E-state index contributed by atoms with van der Waals surface area (Å²) in [6, 6.07) is 3.70. The van der Waals surface area contributed by atoms with E-state index in [0.29, 0.717) is 12.3 Å². The Morgan fingerprint density at radius 2 is 2.41 bits per heavy atom. The number of pyridine rings is 1. The van der Waals surface area contributed by atoms with Crippen LogP contribution in [0.2, 0.25) is 0 Å². The van der Waals surface area contributed by atoms with Gasteiger partial charge in [-0.05, 0) is 37.8 Å². The molecular weight excluding hydrogens is 216 g/mol. The molecule has 0 amide bonds. The summed E-state index contributed by atoms with van der Waals surface area (Å²) in [5, 5.41) is 3.29. The number of carbonyl (C=O) groups is 1. The fourth-order valence-electron chi connectivity index (χ4n) is 1.86. The highest BCUT2D eigenvalue weighted by Gasteiger charge is 2.19. The van der Waals surface area contributed by atoms with Crippen LogP contribution in [0.25, 0.3) is 0 Å². The molecular formula is C13H18N2O2. The van der Waals surface area contributed by atoms with Crippen LogP contribution in [0.15, 0.2) is 18.3 Å². The fourth-order valence-corrected chi connectivity index (χ4v) is 1.86. The fraction of sp³-hybridized carbons (Fsp3) is 0.538. The highest BCUT2D eigenvalue weighted by molar-refractivity contribution is 5.93. The number of hydrogen-bond donors (Lipinski definition) is 1. The van der Waals surface area contributed by atoms with E-state index in [1.54, 1.807) is 13.1 Å². The zero-order valence-corrected chi connectivity index (χ0v) is 10.1. The number of anilines is 1. The Morgan fingerprint density at radius 3 is 3.06 bits per heavy atom. The molecule has 0 atom stereocenters. The molecule has 1 aromatic rings. The maximum Gasteiger partial charge on any atom is 0.359 e. The van der Waals surface area contributed by atoms with Crippen molar-refractivity contribution in [2.24, 2.45) is 5.92 Å². The molecule has 0 unspecified atom stereocenters. The summed E-state index contributed by atoms with van der Waals surface area (Å²) in [5.41, 5.74) is 1.16. The monoisotopic (exact) mass is 234 g/mol. The van der Waals surface area contributed by atoms with Crippen molar-refractivity contribution in [2.75, 3.05) is 18.5 Å². The van der Waals surface area contributed by atoms with Crippen LogP contribution in [0, 0.1) is 5.92 Å². The van der Waals surface area contributed by atoms with Gasteiger partial charge in [0.2, 0.25) is 0 Å². The van der Waals surface area contributed by atoms with E-state index >= 15 is 0 Å². The summed E-state index contributed by atoms with van der Waals surface area (Å²) in [7, 11) is 0. The minimum atomic E-state index is -0.357. The number of esters is 1. The summed E-state index contributed by atoms with van der Waals surface area (Å²) < 4.78 is 4.97. The first-order valence-corrected chi connectivity index (χ1v) is 6.17. The molecule has 92 valence electrons. The molecule has 1 aromatic heterocycles. The molecule has 1 aliphatic carbocycles. The van der Waals surface area contributed by atoms with Gasteiger partial charge >= 0.3 is 5.97 Å². The lowest BCUT2D eigenvalue weighted by atomic mass is 9.85. The van der Waals surface area contributed by atoms with E-state index in [4.69, 9.17) is 4.74 Å². The Bertz CT molecular complexity index is 389. The Labute approximate surface area is 101 Å². The van der Waals surface area contributed by atoms with Gasteiger partial charge in [-0.25, -0.2) is 9.78 Å². The number of rotatable bonds is 5. The molecule has 0 radical (unpaired) electrons. The van der Waals surface area contributed by atoms with E-state index < -0.39 is 0 Å². The smallest absolute Gasteiger partial charge is 0.359 e. The predicted molar refractivity (Wildman–Crippen MR) is 66.0 cm³/mol. The zero-order chi connectivity index (χ0) is 12.1. The third kappa shape index (κ3) is 2.96. The van der Waals surface area contributed by atoms with E-state index in [0.717, 1.165) is 18.2 Å². The Hall–Kier alpha value is -1.58. The molecule has 1 fully saturated rings. The summed E-state index contributed by atoms with van der Waals surface area (Å²) in [6.07, 6.45) is 5.49. The molecule has 0 bridgehead atoms. The minimum Gasteiger partial charge on any atom is -0.461 e. The lowest BCUT2D eigenvalue weighted by molar-refractivity contribution is 0.0520. The molecule has 0 spiro atoms. The minimum absolute atomic E-state index is 0.357. The van der Waals surface area contributed by atoms with Crippen LogP contribution in [0.5, 0.6) is 0 Å². The van der Waals surface area contributed by atoms with Crippen LogP contribution in [0.4, 0.5) is 5.69 Å². The molecule has 1 aliphatic rings. The van der Waals surface area contributed by atoms with Gasteiger partial charge in [-0.1, -0.05) is 6.42 Å². The van der Waals surface area contributed by atoms with Gasteiger partial charge in [-0.15, -0.1) is 0 Å². The normalized spacial score (nSPS) is 15.1. The topological polar surface area (TPSA) is 51.2 Å². The Morgan fingerprint density at radius 1 is 1.59 bits per heavy atom. The third-order valence-corrected chi connectivity index (χ3v) is 3.08. The van der Waals surface area contributed by atoms with Crippen LogP contribution >= 0.6 is 0 Å². The van der Waals surface area contributed by atoms with Gasteiger partial charge in [0.1, 0.15) is 0 Å². The van der Waals surface area contributed by atoms with Crippen molar-refractivity contribution in [3.63, 3.8) is 0 Å². The SMILES string of the molecule is CCOC(=O)c1ncccc1NCC1CCC1. The van der Waals surface area contributed by atoms with Crippen LogP contribution in [-0.4, -0.2) is 24.1 Å². The molecule has 17 heavy (non-hydrogen) atoms. The van der Waals surface area contributed by atoms with E-state index in [2.05, 4.69) is 10.3 Å². The van der Waals surface area contributed by atoms with Gasteiger partial charge in [0.25, 0.3) is 0 Å². The van der Waals surface area contributed by atoms with Crippen molar-refractivity contribution in [1.82, 2.24) is 4.98 Å².